The fraction of sp³-hybridized carbons (Fsp3) is 0.0909. The Labute approximate surface area is 107 Å². The van der Waals surface area contributed by atoms with E-state index in [1.54, 1.807) is 6.20 Å². The number of hydrogen-bond acceptors (Lipinski definition) is 5. The lowest BCUT2D eigenvalue weighted by molar-refractivity contribution is -0.385. The molecule has 0 aliphatic rings. The van der Waals surface area contributed by atoms with E-state index in [9.17, 15) is 14.9 Å². The molecule has 0 aliphatic heterocycles. The van der Waals surface area contributed by atoms with Crippen LogP contribution in [0.4, 0.5) is 11.6 Å². The number of nitrogens with one attached hydrogen (secondary N) is 2. The summed E-state index contributed by atoms with van der Waals surface area (Å²) < 4.78 is 4.86. The Morgan fingerprint density at radius 2 is 2.32 bits per heavy atom. The largest absolute Gasteiger partial charge is 0.490 e. The lowest BCUT2D eigenvalue weighted by atomic mass is 10.2. The van der Waals surface area contributed by atoms with Crippen LogP contribution in [0.1, 0.15) is 10.4 Å². The molecule has 1 heterocycles. The summed E-state index contributed by atoms with van der Waals surface area (Å²) >= 11 is 0. The average molecular weight is 262 g/mol. The summed E-state index contributed by atoms with van der Waals surface area (Å²) in [5, 5.41) is 13.3. The second-order valence-corrected chi connectivity index (χ2v) is 3.54. The number of nitro benzene ring substituents is 1. The zero-order valence-electron chi connectivity index (χ0n) is 9.91. The van der Waals surface area contributed by atoms with Gasteiger partial charge in [0.05, 0.1) is 12.0 Å². The van der Waals surface area contributed by atoms with E-state index in [1.807, 2.05) is 0 Å². The number of hydrogen-bond donors (Lipinski definition) is 2. The van der Waals surface area contributed by atoms with E-state index in [0.29, 0.717) is 0 Å². The maximum absolute atomic E-state index is 11.9. The summed E-state index contributed by atoms with van der Waals surface area (Å²) in [6, 6.07) is 3.95. The molecule has 2 aromatic rings. The number of nitrogens with zero attached hydrogens (tertiary/aromatic N) is 2. The number of ether oxygens (including phenoxy) is 1. The normalized spacial score (nSPS) is 9.95. The van der Waals surface area contributed by atoms with Crippen LogP contribution in [-0.4, -0.2) is 27.9 Å². The van der Waals surface area contributed by atoms with Crippen molar-refractivity contribution in [2.75, 3.05) is 12.4 Å². The molecule has 19 heavy (non-hydrogen) atoms. The van der Waals surface area contributed by atoms with Gasteiger partial charge in [-0.3, -0.25) is 20.2 Å². The van der Waals surface area contributed by atoms with Crippen LogP contribution in [-0.2, 0) is 0 Å². The molecular weight excluding hydrogens is 252 g/mol. The van der Waals surface area contributed by atoms with Crippen LogP contribution >= 0.6 is 0 Å². The van der Waals surface area contributed by atoms with Gasteiger partial charge in [-0.2, -0.15) is 0 Å². The van der Waals surface area contributed by atoms with Gasteiger partial charge in [0.1, 0.15) is 0 Å². The van der Waals surface area contributed by atoms with E-state index in [1.165, 1.54) is 25.4 Å². The molecule has 1 aromatic carbocycles. The van der Waals surface area contributed by atoms with Gasteiger partial charge in [0.25, 0.3) is 5.91 Å². The maximum atomic E-state index is 11.9. The van der Waals surface area contributed by atoms with E-state index in [0.717, 1.165) is 6.07 Å². The highest BCUT2D eigenvalue weighted by molar-refractivity contribution is 6.03. The van der Waals surface area contributed by atoms with Gasteiger partial charge in [0.15, 0.2) is 5.75 Å². The van der Waals surface area contributed by atoms with Crippen LogP contribution in [0.3, 0.4) is 0 Å². The number of benzene rings is 1. The summed E-state index contributed by atoms with van der Waals surface area (Å²) in [7, 11) is 1.32. The van der Waals surface area contributed by atoms with Crippen LogP contribution < -0.4 is 10.1 Å². The first-order chi connectivity index (χ1) is 9.11. The zero-order chi connectivity index (χ0) is 13.8. The number of carbonyl (C=O) groups is 1. The molecule has 8 nitrogen and oxygen atoms in total. The number of methoxy groups -OCH3 is 1. The highest BCUT2D eigenvalue weighted by Crippen LogP contribution is 2.27. The SMILES string of the molecule is COc1ccc(C(=O)Nc2ncc[nH]2)cc1[N+](=O)[O-]. The van der Waals surface area contributed by atoms with Crippen molar-refractivity contribution in [2.24, 2.45) is 0 Å². The summed E-state index contributed by atoms with van der Waals surface area (Å²) in [6.07, 6.45) is 3.03. The monoisotopic (exact) mass is 262 g/mol. The number of aromatic amines is 1. The van der Waals surface area contributed by atoms with Gasteiger partial charge < -0.3 is 9.72 Å². The molecule has 0 atom stereocenters. The van der Waals surface area contributed by atoms with Crippen molar-refractivity contribution in [2.45, 2.75) is 0 Å². The smallest absolute Gasteiger partial charge is 0.311 e. The van der Waals surface area contributed by atoms with Crippen molar-refractivity contribution in [1.82, 2.24) is 9.97 Å². The maximum Gasteiger partial charge on any atom is 0.311 e. The highest BCUT2D eigenvalue weighted by Gasteiger charge is 2.18. The van der Waals surface area contributed by atoms with Crippen LogP contribution in [0, 0.1) is 10.1 Å². The summed E-state index contributed by atoms with van der Waals surface area (Å²) in [5.41, 5.74) is -0.126. The minimum Gasteiger partial charge on any atom is -0.490 e. The molecule has 1 aromatic heterocycles. The van der Waals surface area contributed by atoms with Crippen LogP contribution in [0.15, 0.2) is 30.6 Å². The Morgan fingerprint density at radius 1 is 1.53 bits per heavy atom. The van der Waals surface area contributed by atoms with Crippen molar-refractivity contribution in [3.05, 3.63) is 46.3 Å². The molecule has 1 amide bonds. The third-order valence-corrected chi connectivity index (χ3v) is 2.37. The summed E-state index contributed by atoms with van der Waals surface area (Å²) in [5.74, 6) is -0.135. The van der Waals surface area contributed by atoms with E-state index in [2.05, 4.69) is 15.3 Å². The number of amides is 1. The fourth-order valence-electron chi connectivity index (χ4n) is 1.49. The predicted octanol–water partition coefficient (Wildman–Crippen LogP) is 1.58. The molecule has 0 unspecified atom stereocenters. The molecule has 2 N–H and O–H groups in total. The number of rotatable bonds is 4. The number of carbonyl (C=O) groups excluding carboxylic acids is 1. The molecule has 0 bridgehead atoms. The lowest BCUT2D eigenvalue weighted by Gasteiger charge is -2.04. The third kappa shape index (κ3) is 2.68. The minimum absolute atomic E-state index is 0.0968. The Morgan fingerprint density at radius 3 is 2.89 bits per heavy atom. The average Bonchev–Trinajstić information content (AvgIpc) is 2.90. The van der Waals surface area contributed by atoms with Crippen molar-refractivity contribution in [3.63, 3.8) is 0 Å². The number of anilines is 1. The van der Waals surface area contributed by atoms with Crippen molar-refractivity contribution < 1.29 is 14.5 Å². The van der Waals surface area contributed by atoms with E-state index >= 15 is 0 Å². The van der Waals surface area contributed by atoms with Crippen LogP contribution in [0.2, 0.25) is 0 Å². The standard InChI is InChI=1S/C11H10N4O4/c1-19-9-3-2-7(6-8(9)15(17)18)10(16)14-11-12-4-5-13-11/h2-6H,1H3,(H2,12,13,14,16). The molecule has 98 valence electrons. The summed E-state index contributed by atoms with van der Waals surface area (Å²) in [4.78, 5) is 28.6. The first kappa shape index (κ1) is 12.6. The second kappa shape index (κ2) is 5.17. The first-order valence-electron chi connectivity index (χ1n) is 5.25. The van der Waals surface area contributed by atoms with E-state index in [-0.39, 0.29) is 22.9 Å². The molecular formula is C11H10N4O4. The van der Waals surface area contributed by atoms with Crippen molar-refractivity contribution in [3.8, 4) is 5.75 Å². The van der Waals surface area contributed by atoms with Gasteiger partial charge in [-0.05, 0) is 12.1 Å². The van der Waals surface area contributed by atoms with Gasteiger partial charge in [-0.1, -0.05) is 0 Å². The molecule has 0 saturated carbocycles. The number of aromatic nitrogens is 2. The van der Waals surface area contributed by atoms with E-state index < -0.39 is 10.8 Å². The van der Waals surface area contributed by atoms with Gasteiger partial charge in [-0.25, -0.2) is 4.98 Å². The van der Waals surface area contributed by atoms with Gasteiger partial charge in [0.2, 0.25) is 5.95 Å². The quantitative estimate of drug-likeness (QED) is 0.642. The lowest BCUT2D eigenvalue weighted by Crippen LogP contribution is -2.13. The molecule has 0 saturated heterocycles. The van der Waals surface area contributed by atoms with Crippen LogP contribution in [0.5, 0.6) is 5.75 Å². The van der Waals surface area contributed by atoms with Crippen molar-refractivity contribution >= 4 is 17.5 Å². The van der Waals surface area contributed by atoms with Crippen molar-refractivity contribution in [1.29, 1.82) is 0 Å². The second-order valence-electron chi connectivity index (χ2n) is 3.54. The fourth-order valence-corrected chi connectivity index (χ4v) is 1.49. The Balaban J connectivity index is 2.27. The van der Waals surface area contributed by atoms with E-state index in [4.69, 9.17) is 4.74 Å². The molecule has 8 heteroatoms. The molecule has 0 aliphatic carbocycles. The predicted molar refractivity (Wildman–Crippen MR) is 66.2 cm³/mol. The summed E-state index contributed by atoms with van der Waals surface area (Å²) in [6.45, 7) is 0. The minimum atomic E-state index is -0.609. The number of imidazole rings is 1. The molecule has 0 radical (unpaired) electrons. The van der Waals surface area contributed by atoms with Gasteiger partial charge in [0, 0.05) is 24.0 Å². The van der Waals surface area contributed by atoms with Gasteiger partial charge >= 0.3 is 5.69 Å². The Bertz CT molecular complexity index is 609. The Kier molecular flexibility index (Phi) is 3.42. The Hall–Kier alpha value is -2.90. The van der Waals surface area contributed by atoms with Gasteiger partial charge in [-0.15, -0.1) is 0 Å². The molecule has 0 spiro atoms. The zero-order valence-corrected chi connectivity index (χ0v) is 9.91. The highest BCUT2D eigenvalue weighted by atomic mass is 16.6. The third-order valence-electron chi connectivity index (χ3n) is 2.37. The first-order valence-corrected chi connectivity index (χ1v) is 5.25. The molecule has 2 rings (SSSR count). The van der Waals surface area contributed by atoms with Crippen LogP contribution in [0.25, 0.3) is 0 Å². The number of nitro groups is 1. The number of H-pyrrole nitrogens is 1. The molecule has 0 fully saturated rings. The topological polar surface area (TPSA) is 110 Å².